The van der Waals surface area contributed by atoms with Gasteiger partial charge in [-0.3, -0.25) is 0 Å². The van der Waals surface area contributed by atoms with Crippen LogP contribution in [-0.4, -0.2) is 26.2 Å². The van der Waals surface area contributed by atoms with E-state index < -0.39 is 16.6 Å². The monoisotopic (exact) mass is 213 g/mol. The van der Waals surface area contributed by atoms with Crippen LogP contribution in [0.2, 0.25) is 0 Å². The predicted octanol–water partition coefficient (Wildman–Crippen LogP) is 1.57. The maximum atomic E-state index is 11.4. The van der Waals surface area contributed by atoms with Gasteiger partial charge in [-0.2, -0.15) is 0 Å². The maximum Gasteiger partial charge on any atom is 0.421 e. The number of imidazole rings is 1. The molecule has 0 saturated carbocycles. The molecule has 0 bridgehead atoms. The van der Waals surface area contributed by atoms with E-state index in [0.29, 0.717) is 0 Å². The molecule has 0 aliphatic rings. The highest BCUT2D eigenvalue weighted by Gasteiger charge is 2.20. The summed E-state index contributed by atoms with van der Waals surface area (Å²) in [6, 6.07) is 0. The molecule has 0 spiro atoms. The van der Waals surface area contributed by atoms with Crippen molar-refractivity contribution in [3.63, 3.8) is 0 Å². The molecule has 0 atom stereocenters. The molecule has 1 rings (SSSR count). The summed E-state index contributed by atoms with van der Waals surface area (Å²) >= 11 is 0. The van der Waals surface area contributed by atoms with Crippen LogP contribution in [0, 0.1) is 10.1 Å². The highest BCUT2D eigenvalue weighted by Crippen LogP contribution is 2.11. The van der Waals surface area contributed by atoms with Gasteiger partial charge in [-0.05, 0) is 30.7 Å². The topological polar surface area (TPSA) is 87.3 Å². The van der Waals surface area contributed by atoms with E-state index in [9.17, 15) is 14.9 Å². The Morgan fingerprint density at radius 3 is 2.60 bits per heavy atom. The molecule has 1 aromatic heterocycles. The highest BCUT2D eigenvalue weighted by atomic mass is 16.6. The van der Waals surface area contributed by atoms with Crippen LogP contribution in [0.3, 0.4) is 0 Å². The first-order valence-electron chi connectivity index (χ1n) is 4.21. The van der Waals surface area contributed by atoms with Gasteiger partial charge in [0.15, 0.2) is 0 Å². The number of nitrogens with zero attached hydrogens (tertiary/aromatic N) is 3. The Bertz CT molecular complexity index is 391. The molecule has 15 heavy (non-hydrogen) atoms. The third-order valence-electron chi connectivity index (χ3n) is 1.36. The van der Waals surface area contributed by atoms with E-state index in [1.165, 1.54) is 0 Å². The molecule has 1 aromatic rings. The van der Waals surface area contributed by atoms with Crippen molar-refractivity contribution >= 4 is 11.9 Å². The molecule has 0 saturated heterocycles. The number of hydrogen-bond donors (Lipinski definition) is 0. The van der Waals surface area contributed by atoms with Crippen LogP contribution in [0.4, 0.5) is 10.6 Å². The average Bonchev–Trinajstić information content (AvgIpc) is 2.47. The third-order valence-corrected chi connectivity index (χ3v) is 1.36. The van der Waals surface area contributed by atoms with Crippen LogP contribution >= 0.6 is 0 Å². The van der Waals surface area contributed by atoms with Gasteiger partial charge in [0.2, 0.25) is 6.33 Å². The second-order valence-electron chi connectivity index (χ2n) is 3.88. The number of aromatic nitrogens is 2. The quantitative estimate of drug-likeness (QED) is 0.522. The number of carbonyl (C=O) groups is 1. The number of nitro groups is 1. The van der Waals surface area contributed by atoms with Crippen LogP contribution < -0.4 is 0 Å². The van der Waals surface area contributed by atoms with E-state index >= 15 is 0 Å². The molecule has 82 valence electrons. The first kappa shape index (κ1) is 11.2. The van der Waals surface area contributed by atoms with Gasteiger partial charge in [0.25, 0.3) is 0 Å². The molecule has 0 aliphatic heterocycles. The number of carbonyl (C=O) groups excluding carboxylic acids is 1. The lowest BCUT2D eigenvalue weighted by molar-refractivity contribution is -0.389. The summed E-state index contributed by atoms with van der Waals surface area (Å²) in [7, 11) is 0. The standard InChI is InChI=1S/C8H11N3O4/c1-8(2,3)15-7(12)10-4-6(9-5-10)11(13)14/h4-5H,1-3H3. The second-order valence-corrected chi connectivity index (χ2v) is 3.88. The van der Waals surface area contributed by atoms with E-state index in [4.69, 9.17) is 4.74 Å². The van der Waals surface area contributed by atoms with E-state index in [2.05, 4.69) is 4.98 Å². The Hall–Kier alpha value is -1.92. The first-order valence-corrected chi connectivity index (χ1v) is 4.21. The zero-order chi connectivity index (χ0) is 11.6. The SMILES string of the molecule is CC(C)(C)OC(=O)n1cnc([N+](=O)[O-])c1. The summed E-state index contributed by atoms with van der Waals surface area (Å²) in [5, 5.41) is 10.3. The van der Waals surface area contributed by atoms with E-state index in [1.807, 2.05) is 0 Å². The molecule has 0 amide bonds. The molecular formula is C8H11N3O4. The Labute approximate surface area is 85.8 Å². The highest BCUT2D eigenvalue weighted by molar-refractivity contribution is 5.71. The van der Waals surface area contributed by atoms with Crippen LogP contribution in [0.15, 0.2) is 12.5 Å². The first-order chi connectivity index (χ1) is 6.79. The molecule has 1 heterocycles. The van der Waals surface area contributed by atoms with Gasteiger partial charge in [0.1, 0.15) is 11.8 Å². The molecule has 0 aliphatic carbocycles. The summed E-state index contributed by atoms with van der Waals surface area (Å²) in [5.74, 6) is -0.388. The average molecular weight is 213 g/mol. The van der Waals surface area contributed by atoms with Crippen molar-refractivity contribution in [1.82, 2.24) is 9.55 Å². The van der Waals surface area contributed by atoms with Crippen LogP contribution in [0.1, 0.15) is 20.8 Å². The smallest absolute Gasteiger partial charge is 0.421 e. The van der Waals surface area contributed by atoms with Gasteiger partial charge in [-0.1, -0.05) is 0 Å². The molecular weight excluding hydrogens is 202 g/mol. The van der Waals surface area contributed by atoms with Crippen LogP contribution in [0.5, 0.6) is 0 Å². The summed E-state index contributed by atoms with van der Waals surface area (Å²) in [4.78, 5) is 24.4. The fourth-order valence-electron chi connectivity index (χ4n) is 0.821. The molecule has 0 unspecified atom stereocenters. The minimum atomic E-state index is -0.692. The molecule has 7 nitrogen and oxygen atoms in total. The van der Waals surface area contributed by atoms with Crippen LogP contribution in [0.25, 0.3) is 0 Å². The Balaban J connectivity index is 2.79. The molecule has 0 aromatic carbocycles. The van der Waals surface area contributed by atoms with Gasteiger partial charge in [-0.15, -0.1) is 0 Å². The molecule has 0 radical (unpaired) electrons. The number of rotatable bonds is 1. The molecule has 0 fully saturated rings. The van der Waals surface area contributed by atoms with Gasteiger partial charge < -0.3 is 14.9 Å². The lowest BCUT2D eigenvalue weighted by Crippen LogP contribution is -2.26. The van der Waals surface area contributed by atoms with Gasteiger partial charge >= 0.3 is 11.9 Å². The molecule has 0 N–H and O–H groups in total. The number of hydrogen-bond acceptors (Lipinski definition) is 5. The predicted molar refractivity (Wildman–Crippen MR) is 50.5 cm³/mol. The number of ether oxygens (including phenoxy) is 1. The second kappa shape index (κ2) is 3.68. The van der Waals surface area contributed by atoms with E-state index in [1.54, 1.807) is 20.8 Å². The zero-order valence-electron chi connectivity index (χ0n) is 8.63. The zero-order valence-corrected chi connectivity index (χ0v) is 8.63. The largest absolute Gasteiger partial charge is 0.443 e. The van der Waals surface area contributed by atoms with Crippen molar-refractivity contribution in [3.8, 4) is 0 Å². The van der Waals surface area contributed by atoms with Crippen molar-refractivity contribution in [1.29, 1.82) is 0 Å². The lowest BCUT2D eigenvalue weighted by atomic mass is 10.2. The van der Waals surface area contributed by atoms with Crippen molar-refractivity contribution < 1.29 is 14.5 Å². The lowest BCUT2D eigenvalue weighted by Gasteiger charge is -2.18. The Kier molecular flexibility index (Phi) is 2.74. The van der Waals surface area contributed by atoms with Crippen molar-refractivity contribution in [2.24, 2.45) is 0 Å². The normalized spacial score (nSPS) is 11.1. The van der Waals surface area contributed by atoms with Gasteiger partial charge in [0, 0.05) is 0 Å². The van der Waals surface area contributed by atoms with Crippen molar-refractivity contribution in [2.75, 3.05) is 0 Å². The summed E-state index contributed by atoms with van der Waals surface area (Å²) < 4.78 is 5.91. The van der Waals surface area contributed by atoms with E-state index in [-0.39, 0.29) is 5.82 Å². The minimum absolute atomic E-state index is 0.388. The fourth-order valence-corrected chi connectivity index (χ4v) is 0.821. The van der Waals surface area contributed by atoms with Crippen LogP contribution in [-0.2, 0) is 4.74 Å². The van der Waals surface area contributed by atoms with Crippen molar-refractivity contribution in [2.45, 2.75) is 26.4 Å². The third kappa shape index (κ3) is 3.04. The summed E-state index contributed by atoms with van der Waals surface area (Å²) in [6.45, 7) is 5.11. The maximum absolute atomic E-state index is 11.4. The fraction of sp³-hybridized carbons (Fsp3) is 0.500. The summed E-state index contributed by atoms with van der Waals surface area (Å²) in [5.41, 5.74) is -0.643. The minimum Gasteiger partial charge on any atom is -0.443 e. The summed E-state index contributed by atoms with van der Waals surface area (Å²) in [6.07, 6.45) is 1.36. The van der Waals surface area contributed by atoms with Gasteiger partial charge in [0.05, 0.1) is 0 Å². The van der Waals surface area contributed by atoms with E-state index in [0.717, 1.165) is 17.1 Å². The Morgan fingerprint density at radius 1 is 1.60 bits per heavy atom. The molecule has 7 heteroatoms. The van der Waals surface area contributed by atoms with Crippen molar-refractivity contribution in [3.05, 3.63) is 22.6 Å². The Morgan fingerprint density at radius 2 is 2.20 bits per heavy atom. The van der Waals surface area contributed by atoms with Gasteiger partial charge in [-0.25, -0.2) is 9.36 Å².